The minimum atomic E-state index is -0.122. The Hall–Kier alpha value is -3.28. The van der Waals surface area contributed by atoms with Gasteiger partial charge in [0.15, 0.2) is 23.0 Å². The molecule has 1 unspecified atom stereocenters. The number of hydrogen-bond donors (Lipinski definition) is 0. The van der Waals surface area contributed by atoms with Crippen LogP contribution in [0.3, 0.4) is 0 Å². The molecule has 6 nitrogen and oxygen atoms in total. The van der Waals surface area contributed by atoms with Crippen molar-refractivity contribution < 1.29 is 18.8 Å². The predicted molar refractivity (Wildman–Crippen MR) is 104 cm³/mol. The van der Waals surface area contributed by atoms with E-state index in [0.717, 1.165) is 24.0 Å². The van der Waals surface area contributed by atoms with Crippen molar-refractivity contribution in [3.63, 3.8) is 0 Å². The highest BCUT2D eigenvalue weighted by Gasteiger charge is 2.32. The highest BCUT2D eigenvalue weighted by molar-refractivity contribution is 5.93. The van der Waals surface area contributed by atoms with Crippen molar-refractivity contribution in [1.29, 1.82) is 0 Å². The summed E-state index contributed by atoms with van der Waals surface area (Å²) in [6, 6.07) is 17.1. The topological polar surface area (TPSA) is 64.8 Å². The molecule has 0 N–H and O–H groups in total. The summed E-state index contributed by atoms with van der Waals surface area (Å²) in [4.78, 5) is 15.0. The van der Waals surface area contributed by atoms with E-state index in [-0.39, 0.29) is 11.9 Å². The summed E-state index contributed by atoms with van der Waals surface area (Å²) < 4.78 is 16.1. The van der Waals surface area contributed by atoms with E-state index < -0.39 is 0 Å². The summed E-state index contributed by atoms with van der Waals surface area (Å²) in [6.07, 6.45) is 1.83. The van der Waals surface area contributed by atoms with Gasteiger partial charge in [-0.05, 0) is 30.5 Å². The number of rotatable bonds is 5. The molecule has 0 radical (unpaired) electrons. The number of amides is 1. The van der Waals surface area contributed by atoms with E-state index in [1.807, 2.05) is 53.4 Å². The number of carbonyl (C=O) groups excluding carboxylic acids is 1. The maximum absolute atomic E-state index is 13.1. The Morgan fingerprint density at radius 1 is 1.07 bits per heavy atom. The van der Waals surface area contributed by atoms with E-state index in [1.165, 1.54) is 0 Å². The fourth-order valence-electron chi connectivity index (χ4n) is 3.68. The van der Waals surface area contributed by atoms with Gasteiger partial charge < -0.3 is 18.9 Å². The van der Waals surface area contributed by atoms with Crippen LogP contribution in [-0.2, 0) is 0 Å². The van der Waals surface area contributed by atoms with Gasteiger partial charge in [0.05, 0.1) is 20.3 Å². The van der Waals surface area contributed by atoms with Gasteiger partial charge in [0, 0.05) is 18.2 Å². The first-order valence-electron chi connectivity index (χ1n) is 9.26. The number of carbonyl (C=O) groups is 1. The molecule has 1 aliphatic heterocycles. The third kappa shape index (κ3) is 3.33. The van der Waals surface area contributed by atoms with Crippen LogP contribution in [0.4, 0.5) is 0 Å². The van der Waals surface area contributed by atoms with Gasteiger partial charge in [-0.3, -0.25) is 4.79 Å². The van der Waals surface area contributed by atoms with E-state index in [4.69, 9.17) is 14.0 Å². The molecule has 6 heteroatoms. The number of methoxy groups -OCH3 is 2. The van der Waals surface area contributed by atoms with Crippen molar-refractivity contribution in [1.82, 2.24) is 10.1 Å². The first-order chi connectivity index (χ1) is 13.7. The Labute approximate surface area is 163 Å². The van der Waals surface area contributed by atoms with Gasteiger partial charge in [-0.1, -0.05) is 41.6 Å². The van der Waals surface area contributed by atoms with Crippen molar-refractivity contribution in [2.75, 3.05) is 20.8 Å². The Morgan fingerprint density at radius 2 is 1.86 bits per heavy atom. The molecule has 2 heterocycles. The number of nitrogens with zero attached hydrogens (tertiary/aromatic N) is 2. The van der Waals surface area contributed by atoms with Crippen LogP contribution < -0.4 is 9.47 Å². The largest absolute Gasteiger partial charge is 0.493 e. The third-order valence-electron chi connectivity index (χ3n) is 5.09. The number of aromatic nitrogens is 1. The molecular weight excluding hydrogens is 356 g/mol. The molecule has 1 atom stereocenters. The van der Waals surface area contributed by atoms with Crippen molar-refractivity contribution in [3.05, 3.63) is 65.9 Å². The average Bonchev–Trinajstić information content (AvgIpc) is 3.43. The van der Waals surface area contributed by atoms with Gasteiger partial charge in [-0.25, -0.2) is 0 Å². The van der Waals surface area contributed by atoms with Crippen LogP contribution in [0.5, 0.6) is 11.5 Å². The molecule has 1 aromatic heterocycles. The van der Waals surface area contributed by atoms with Crippen molar-refractivity contribution in [3.8, 4) is 22.8 Å². The normalized spacial score (nSPS) is 16.2. The first kappa shape index (κ1) is 18.1. The Kier molecular flexibility index (Phi) is 5.02. The second-order valence-corrected chi connectivity index (χ2v) is 6.71. The fourth-order valence-corrected chi connectivity index (χ4v) is 3.68. The van der Waals surface area contributed by atoms with Crippen LogP contribution in [0.2, 0.25) is 0 Å². The molecule has 28 heavy (non-hydrogen) atoms. The predicted octanol–water partition coefficient (Wildman–Crippen LogP) is 4.34. The molecular formula is C22H22N2O4. The smallest absolute Gasteiger partial charge is 0.276 e. The molecule has 1 amide bonds. The zero-order chi connectivity index (χ0) is 19.5. The summed E-state index contributed by atoms with van der Waals surface area (Å²) >= 11 is 0. The quantitative estimate of drug-likeness (QED) is 0.661. The van der Waals surface area contributed by atoms with Crippen molar-refractivity contribution >= 4 is 5.91 Å². The second kappa shape index (κ2) is 7.76. The summed E-state index contributed by atoms with van der Waals surface area (Å²) in [5.74, 6) is 1.80. The first-order valence-corrected chi connectivity index (χ1v) is 9.26. The van der Waals surface area contributed by atoms with Crippen LogP contribution >= 0.6 is 0 Å². The zero-order valence-corrected chi connectivity index (χ0v) is 15.9. The van der Waals surface area contributed by atoms with Gasteiger partial charge in [0.25, 0.3) is 5.91 Å². The molecule has 2 aromatic carbocycles. The number of likely N-dealkylation sites (tertiary alicyclic amines) is 1. The van der Waals surface area contributed by atoms with Crippen molar-refractivity contribution in [2.24, 2.45) is 0 Å². The SMILES string of the molecule is COc1ccc(C2CCCN2C(=O)c2cc(-c3ccccc3)on2)cc1OC. The van der Waals surface area contributed by atoms with Gasteiger partial charge in [-0.15, -0.1) is 0 Å². The van der Waals surface area contributed by atoms with E-state index >= 15 is 0 Å². The van der Waals surface area contributed by atoms with Crippen LogP contribution in [-0.4, -0.2) is 36.7 Å². The maximum Gasteiger partial charge on any atom is 0.276 e. The molecule has 3 aromatic rings. The van der Waals surface area contributed by atoms with E-state index in [0.29, 0.717) is 29.5 Å². The highest BCUT2D eigenvalue weighted by atomic mass is 16.5. The van der Waals surface area contributed by atoms with Gasteiger partial charge in [0.2, 0.25) is 0 Å². The van der Waals surface area contributed by atoms with Crippen LogP contribution in [0.25, 0.3) is 11.3 Å². The minimum Gasteiger partial charge on any atom is -0.493 e. The Balaban J connectivity index is 1.58. The van der Waals surface area contributed by atoms with E-state index in [9.17, 15) is 4.79 Å². The lowest BCUT2D eigenvalue weighted by Gasteiger charge is -2.24. The summed E-state index contributed by atoms with van der Waals surface area (Å²) in [5, 5.41) is 4.02. The molecule has 1 saturated heterocycles. The molecule has 0 spiro atoms. The Bertz CT molecular complexity index is 968. The van der Waals surface area contributed by atoms with E-state index in [2.05, 4.69) is 5.16 Å². The lowest BCUT2D eigenvalue weighted by molar-refractivity contribution is 0.0725. The monoisotopic (exact) mass is 378 g/mol. The molecule has 1 aliphatic rings. The third-order valence-corrected chi connectivity index (χ3v) is 5.09. The number of hydrogen-bond acceptors (Lipinski definition) is 5. The summed E-state index contributed by atoms with van der Waals surface area (Å²) in [6.45, 7) is 0.686. The fraction of sp³-hybridized carbons (Fsp3) is 0.273. The molecule has 0 saturated carbocycles. The van der Waals surface area contributed by atoms with Gasteiger partial charge in [-0.2, -0.15) is 0 Å². The highest BCUT2D eigenvalue weighted by Crippen LogP contribution is 2.37. The van der Waals surface area contributed by atoms with Crippen LogP contribution in [0.1, 0.15) is 34.9 Å². The minimum absolute atomic E-state index is 0.0239. The second-order valence-electron chi connectivity index (χ2n) is 6.71. The molecule has 1 fully saturated rings. The van der Waals surface area contributed by atoms with Crippen LogP contribution in [0, 0.1) is 0 Å². The lowest BCUT2D eigenvalue weighted by atomic mass is 10.0. The molecule has 0 bridgehead atoms. The molecule has 4 rings (SSSR count). The number of benzene rings is 2. The van der Waals surface area contributed by atoms with Crippen molar-refractivity contribution in [2.45, 2.75) is 18.9 Å². The molecule has 144 valence electrons. The average molecular weight is 378 g/mol. The summed E-state index contributed by atoms with van der Waals surface area (Å²) in [5.41, 5.74) is 2.24. The van der Waals surface area contributed by atoms with Crippen LogP contribution in [0.15, 0.2) is 59.1 Å². The van der Waals surface area contributed by atoms with Gasteiger partial charge in [0.1, 0.15) is 0 Å². The lowest BCUT2D eigenvalue weighted by Crippen LogP contribution is -2.30. The van der Waals surface area contributed by atoms with Gasteiger partial charge >= 0.3 is 0 Å². The standard InChI is InChI=1S/C22H22N2O4/c1-26-19-11-10-16(13-21(19)27-2)18-9-6-12-24(18)22(25)17-14-20(28-23-17)15-7-4-3-5-8-15/h3-5,7-8,10-11,13-14,18H,6,9,12H2,1-2H3. The zero-order valence-electron chi connectivity index (χ0n) is 15.9. The Morgan fingerprint density at radius 3 is 2.61 bits per heavy atom. The van der Waals surface area contributed by atoms with E-state index in [1.54, 1.807) is 20.3 Å². The number of ether oxygens (including phenoxy) is 2. The molecule has 0 aliphatic carbocycles. The summed E-state index contributed by atoms with van der Waals surface area (Å²) in [7, 11) is 3.22. The maximum atomic E-state index is 13.1.